The third kappa shape index (κ3) is 5.55. The van der Waals surface area contributed by atoms with Crippen LogP contribution in [0.5, 0.6) is 0 Å². The second kappa shape index (κ2) is 13.9. The molecule has 2 unspecified atom stereocenters. The zero-order chi connectivity index (χ0) is 36.9. The lowest BCUT2D eigenvalue weighted by Gasteiger charge is -2.60. The summed E-state index contributed by atoms with van der Waals surface area (Å²) in [6.07, 6.45) is 10.3. The summed E-state index contributed by atoms with van der Waals surface area (Å²) >= 11 is 0. The lowest BCUT2D eigenvalue weighted by molar-refractivity contribution is -0.146. The van der Waals surface area contributed by atoms with E-state index in [1.165, 1.54) is 21.9 Å². The molecule has 3 fully saturated rings. The molecule has 9 heteroatoms. The first kappa shape index (κ1) is 34.5. The molecule has 0 spiro atoms. The van der Waals surface area contributed by atoms with Gasteiger partial charge in [-0.25, -0.2) is 0 Å². The first-order chi connectivity index (χ1) is 26.4. The van der Waals surface area contributed by atoms with Crippen molar-refractivity contribution >= 4 is 44.8 Å². The molecular weight excluding hydrogens is 675 g/mol. The summed E-state index contributed by atoms with van der Waals surface area (Å²) in [5.74, 6) is -1.32. The quantitative estimate of drug-likeness (QED) is 0.113. The van der Waals surface area contributed by atoms with Crippen LogP contribution in [0.25, 0.3) is 21.5 Å². The first-order valence-electron chi connectivity index (χ1n) is 19.5. The maximum atomic E-state index is 12.9. The number of hydrogen-bond donors (Lipinski definition) is 4. The van der Waals surface area contributed by atoms with E-state index in [-0.39, 0.29) is 23.8 Å². The van der Waals surface area contributed by atoms with Gasteiger partial charge in [0, 0.05) is 66.9 Å². The van der Waals surface area contributed by atoms with Crippen molar-refractivity contribution < 1.29 is 19.5 Å². The van der Waals surface area contributed by atoms with Gasteiger partial charge in [0.2, 0.25) is 11.7 Å². The monoisotopic (exact) mass is 721 g/mol. The second-order valence-electron chi connectivity index (χ2n) is 15.7. The number of hydrogen-bond acceptors (Lipinski definition) is 7. The van der Waals surface area contributed by atoms with E-state index in [1.54, 1.807) is 4.57 Å². The van der Waals surface area contributed by atoms with Crippen LogP contribution >= 0.6 is 0 Å². The Kier molecular flexibility index (Phi) is 8.86. The molecule has 4 N–H and O–H groups in total. The minimum atomic E-state index is -0.834. The summed E-state index contributed by atoms with van der Waals surface area (Å²) in [5, 5.41) is 26.9. The van der Waals surface area contributed by atoms with Gasteiger partial charge in [0.25, 0.3) is 5.91 Å². The number of benzene rings is 4. The number of carbonyl (C=O) groups is 3. The van der Waals surface area contributed by atoms with Crippen LogP contribution in [0.3, 0.4) is 0 Å². The number of rotatable bonds is 7. The van der Waals surface area contributed by atoms with Gasteiger partial charge in [-0.05, 0) is 84.7 Å². The zero-order valence-electron chi connectivity index (χ0n) is 30.5. The molecule has 0 bridgehead atoms. The van der Waals surface area contributed by atoms with E-state index < -0.39 is 29.1 Å². The summed E-state index contributed by atoms with van der Waals surface area (Å²) in [4.78, 5) is 39.7. The van der Waals surface area contributed by atoms with Crippen molar-refractivity contribution in [3.63, 3.8) is 0 Å². The molecule has 3 saturated heterocycles. The van der Waals surface area contributed by atoms with Gasteiger partial charge in [0.15, 0.2) is 0 Å². The topological polar surface area (TPSA) is 116 Å². The summed E-state index contributed by atoms with van der Waals surface area (Å²) in [6.45, 7) is 4.15. The third-order valence-corrected chi connectivity index (χ3v) is 13.0. The summed E-state index contributed by atoms with van der Waals surface area (Å²) < 4.78 is 1.80. The Labute approximate surface area is 315 Å². The van der Waals surface area contributed by atoms with Gasteiger partial charge in [-0.2, -0.15) is 0 Å². The Bertz CT molecular complexity index is 2270. The minimum Gasteiger partial charge on any atom is -0.512 e. The number of fused-ring (bicyclic) bond motifs is 2. The van der Waals surface area contributed by atoms with Gasteiger partial charge >= 0.3 is 0 Å². The number of Topliss-reactive ketones (excluding diaryl/α,β-unsaturated/α-hetero) is 1. The molecule has 276 valence electrons. The fraction of sp³-hybridized carbons (Fsp3) is 0.356. The van der Waals surface area contributed by atoms with Crippen LogP contribution in [-0.4, -0.2) is 66.0 Å². The predicted octanol–water partition coefficient (Wildman–Crippen LogP) is 6.45. The Morgan fingerprint density at radius 1 is 0.778 bits per heavy atom. The number of nitrogens with one attached hydrogen (secondary N) is 3. The van der Waals surface area contributed by atoms with Crippen LogP contribution in [0.15, 0.2) is 115 Å². The summed E-state index contributed by atoms with van der Waals surface area (Å²) in [7, 11) is 0. The number of piperazine rings is 1. The lowest BCUT2D eigenvalue weighted by atomic mass is 9.45. The maximum absolute atomic E-state index is 12.9. The van der Waals surface area contributed by atoms with Gasteiger partial charge in [-0.3, -0.25) is 19.7 Å². The second-order valence-corrected chi connectivity index (χ2v) is 15.7. The fourth-order valence-corrected chi connectivity index (χ4v) is 10.7. The summed E-state index contributed by atoms with van der Waals surface area (Å²) in [6, 6.07) is 31.8. The average molecular weight is 722 g/mol. The molecule has 9 nitrogen and oxygen atoms in total. The minimum absolute atomic E-state index is 0.0614. The molecule has 5 aromatic rings. The molecule has 9 rings (SSSR count). The van der Waals surface area contributed by atoms with E-state index >= 15 is 0 Å². The van der Waals surface area contributed by atoms with Crippen molar-refractivity contribution in [2.75, 3.05) is 37.6 Å². The Morgan fingerprint density at radius 3 is 2.39 bits per heavy atom. The number of anilines is 1. The molecule has 2 amide bonds. The highest BCUT2D eigenvalue weighted by atomic mass is 16.3. The van der Waals surface area contributed by atoms with Crippen LogP contribution in [0.2, 0.25) is 0 Å². The van der Waals surface area contributed by atoms with Gasteiger partial charge in [-0.1, -0.05) is 84.9 Å². The van der Waals surface area contributed by atoms with Crippen LogP contribution in [0.1, 0.15) is 61.6 Å². The molecule has 4 atom stereocenters. The van der Waals surface area contributed by atoms with Crippen molar-refractivity contribution in [2.45, 2.75) is 61.9 Å². The summed E-state index contributed by atoms with van der Waals surface area (Å²) in [5.41, 5.74) is 2.55. The molecular formula is C45H47N5O4. The van der Waals surface area contributed by atoms with Crippen molar-refractivity contribution in [3.8, 4) is 0 Å². The molecule has 4 aromatic carbocycles. The molecule has 54 heavy (non-hydrogen) atoms. The van der Waals surface area contributed by atoms with Crippen LogP contribution < -0.4 is 20.9 Å². The molecule has 0 radical (unpaired) electrons. The number of carbonyl (C=O) groups excluding carboxylic acids is 3. The van der Waals surface area contributed by atoms with E-state index in [9.17, 15) is 19.5 Å². The highest BCUT2D eigenvalue weighted by molar-refractivity contribution is 6.41. The highest BCUT2D eigenvalue weighted by Gasteiger charge is 2.61. The number of nitrogens with zero attached hydrogens (tertiary/aromatic N) is 2. The maximum Gasteiger partial charge on any atom is 0.294 e. The van der Waals surface area contributed by atoms with E-state index in [1.807, 2.05) is 18.5 Å². The number of aromatic nitrogens is 1. The van der Waals surface area contributed by atoms with Crippen LogP contribution in [-0.2, 0) is 19.8 Å². The lowest BCUT2D eigenvalue weighted by Crippen LogP contribution is -2.61. The average Bonchev–Trinajstić information content (AvgIpc) is 3.65. The molecule has 3 aliphatic heterocycles. The highest BCUT2D eigenvalue weighted by Crippen LogP contribution is 2.64. The molecule has 0 saturated carbocycles. The largest absolute Gasteiger partial charge is 0.512 e. The van der Waals surface area contributed by atoms with E-state index in [4.69, 9.17) is 0 Å². The van der Waals surface area contributed by atoms with Gasteiger partial charge in [0.05, 0.1) is 11.2 Å². The van der Waals surface area contributed by atoms with Crippen LogP contribution in [0.4, 0.5) is 5.69 Å². The molecule has 4 heterocycles. The number of amides is 2. The zero-order valence-corrected chi connectivity index (χ0v) is 30.5. The SMILES string of the molecule is O=C1CC(n2cc3cccc(N4CCNCC4CC4([C@]5(c6cccc7ccccc67)C(O)=CCC[C@H]5c5ccccc5)CCNCC4)c3c2)C(=O)NC1=O. The van der Waals surface area contributed by atoms with E-state index in [2.05, 4.69) is 112 Å². The van der Waals surface area contributed by atoms with Crippen molar-refractivity contribution in [3.05, 3.63) is 126 Å². The van der Waals surface area contributed by atoms with Crippen molar-refractivity contribution in [1.29, 1.82) is 0 Å². The standard InChI is InChI=1S/C45H47N5O4/c51-40-25-39(42(53)48-43(40)54)49-28-32-13-7-17-38(35(32)29-49)50-24-23-47-27-33(50)26-44(19-21-46-22-20-44)45(37-16-6-12-30-9-4-5-14-34(30)37)36(15-8-18-41(45)52)31-10-2-1-3-11-31/h1-7,9-14,16-18,28-29,33,36,39,46-47,52H,8,15,19-27H2,(H,48,53,54)/t33?,36-,39?,45+/m0/s1. The van der Waals surface area contributed by atoms with Gasteiger partial charge < -0.3 is 25.2 Å². The normalized spacial score (nSPS) is 26.1. The van der Waals surface area contributed by atoms with Crippen molar-refractivity contribution in [1.82, 2.24) is 20.5 Å². The van der Waals surface area contributed by atoms with E-state index in [0.29, 0.717) is 5.76 Å². The number of piperidine rings is 2. The van der Waals surface area contributed by atoms with E-state index in [0.717, 1.165) is 81.3 Å². The van der Waals surface area contributed by atoms with Crippen LogP contribution in [0, 0.1) is 5.41 Å². The smallest absolute Gasteiger partial charge is 0.294 e. The number of imide groups is 1. The van der Waals surface area contributed by atoms with Crippen molar-refractivity contribution in [2.24, 2.45) is 5.41 Å². The fourth-order valence-electron chi connectivity index (χ4n) is 10.7. The molecule has 4 aliphatic rings. The Morgan fingerprint density at radius 2 is 1.54 bits per heavy atom. The third-order valence-electron chi connectivity index (χ3n) is 13.0. The number of aliphatic hydroxyl groups is 1. The predicted molar refractivity (Wildman–Crippen MR) is 212 cm³/mol. The van der Waals surface area contributed by atoms with Gasteiger partial charge in [-0.15, -0.1) is 0 Å². The van der Waals surface area contributed by atoms with Gasteiger partial charge in [0.1, 0.15) is 6.04 Å². The number of allylic oxidation sites excluding steroid dienone is 2. The Hall–Kier alpha value is -5.25. The molecule has 1 aliphatic carbocycles. The number of ketones is 1. The first-order valence-corrected chi connectivity index (χ1v) is 19.5. The Balaban J connectivity index is 1.20. The number of aliphatic hydroxyl groups excluding tert-OH is 1. The molecule has 1 aromatic heterocycles.